The monoisotopic (exact) mass is 342 g/mol. The number of carbonyl (C=O) groups is 1. The van der Waals surface area contributed by atoms with Crippen LogP contribution in [-0.4, -0.2) is 22.6 Å². The van der Waals surface area contributed by atoms with Crippen molar-refractivity contribution in [3.05, 3.63) is 90.0 Å². The van der Waals surface area contributed by atoms with Crippen LogP contribution in [0.5, 0.6) is 0 Å². The Hall–Kier alpha value is -3.24. The van der Waals surface area contributed by atoms with E-state index in [2.05, 4.69) is 10.3 Å². The van der Waals surface area contributed by atoms with E-state index in [0.29, 0.717) is 11.1 Å². The average molecular weight is 342 g/mol. The Morgan fingerprint density at radius 2 is 1.65 bits per heavy atom. The lowest BCUT2D eigenvalue weighted by Crippen LogP contribution is -2.31. The third kappa shape index (κ3) is 3.03. The quantitative estimate of drug-likeness (QED) is 0.554. The van der Waals surface area contributed by atoms with Crippen LogP contribution in [0.2, 0.25) is 0 Å². The van der Waals surface area contributed by atoms with Gasteiger partial charge >= 0.3 is 0 Å². The van der Waals surface area contributed by atoms with Crippen LogP contribution in [0.25, 0.3) is 21.8 Å². The number of rotatable bonds is 4. The Bertz CT molecular complexity index is 1080. The van der Waals surface area contributed by atoms with Crippen LogP contribution in [0.15, 0.2) is 78.9 Å². The van der Waals surface area contributed by atoms with E-state index in [1.165, 1.54) is 0 Å². The minimum absolute atomic E-state index is 0.170. The topological polar surface area (TPSA) is 62.2 Å². The summed E-state index contributed by atoms with van der Waals surface area (Å²) in [4.78, 5) is 17.6. The van der Waals surface area contributed by atoms with E-state index < -0.39 is 6.04 Å². The van der Waals surface area contributed by atoms with E-state index in [0.717, 1.165) is 21.9 Å². The molecular formula is C22H18N2O2. The highest BCUT2D eigenvalue weighted by molar-refractivity contribution is 6.07. The molecule has 4 heteroatoms. The van der Waals surface area contributed by atoms with Gasteiger partial charge in [-0.1, -0.05) is 60.7 Å². The van der Waals surface area contributed by atoms with Crippen molar-refractivity contribution < 1.29 is 9.90 Å². The van der Waals surface area contributed by atoms with Crippen LogP contribution in [0.4, 0.5) is 0 Å². The highest BCUT2D eigenvalue weighted by Crippen LogP contribution is 2.23. The average Bonchev–Trinajstić information content (AvgIpc) is 2.70. The fourth-order valence-corrected chi connectivity index (χ4v) is 3.14. The molecule has 128 valence electrons. The van der Waals surface area contributed by atoms with Crippen molar-refractivity contribution in [3.63, 3.8) is 0 Å². The van der Waals surface area contributed by atoms with E-state index in [9.17, 15) is 9.90 Å². The van der Waals surface area contributed by atoms with Gasteiger partial charge in [0.2, 0.25) is 0 Å². The van der Waals surface area contributed by atoms with Crippen LogP contribution in [-0.2, 0) is 0 Å². The molecular weight excluding hydrogens is 324 g/mol. The summed E-state index contributed by atoms with van der Waals surface area (Å²) in [5, 5.41) is 14.6. The molecule has 2 N–H and O–H groups in total. The van der Waals surface area contributed by atoms with Crippen molar-refractivity contribution in [2.45, 2.75) is 6.04 Å². The molecule has 1 heterocycles. The number of carbonyl (C=O) groups excluding carboxylic acids is 1. The third-order valence-corrected chi connectivity index (χ3v) is 4.48. The first-order chi connectivity index (χ1) is 12.8. The molecule has 0 spiro atoms. The summed E-state index contributed by atoms with van der Waals surface area (Å²) in [5.41, 5.74) is 2.88. The van der Waals surface area contributed by atoms with Crippen molar-refractivity contribution in [1.29, 1.82) is 0 Å². The van der Waals surface area contributed by atoms with Gasteiger partial charge in [-0.15, -0.1) is 0 Å². The summed E-state index contributed by atoms with van der Waals surface area (Å²) >= 11 is 0. The number of nitrogens with one attached hydrogen (secondary N) is 1. The highest BCUT2D eigenvalue weighted by Gasteiger charge is 2.17. The molecule has 0 aliphatic carbocycles. The number of fused-ring (bicyclic) bond motifs is 2. The summed E-state index contributed by atoms with van der Waals surface area (Å²) in [6.07, 6.45) is 0. The number of hydrogen-bond donors (Lipinski definition) is 2. The number of aliphatic hydroxyl groups is 1. The molecule has 1 atom stereocenters. The van der Waals surface area contributed by atoms with Gasteiger partial charge in [-0.05, 0) is 23.8 Å². The lowest BCUT2D eigenvalue weighted by molar-refractivity contribution is 0.0917. The molecule has 1 aromatic heterocycles. The molecule has 1 amide bonds. The Labute approximate surface area is 151 Å². The first-order valence-electron chi connectivity index (χ1n) is 8.51. The molecule has 26 heavy (non-hydrogen) atoms. The summed E-state index contributed by atoms with van der Waals surface area (Å²) in [7, 11) is 0. The van der Waals surface area contributed by atoms with Gasteiger partial charge in [0.05, 0.1) is 29.2 Å². The minimum atomic E-state index is -0.459. The van der Waals surface area contributed by atoms with E-state index >= 15 is 0 Å². The van der Waals surface area contributed by atoms with Gasteiger partial charge in [-0.2, -0.15) is 0 Å². The number of para-hydroxylation sites is 2. The number of hydrogen-bond acceptors (Lipinski definition) is 3. The van der Waals surface area contributed by atoms with Crippen LogP contribution in [0, 0.1) is 0 Å². The number of aliphatic hydroxyl groups excluding tert-OH is 1. The smallest absolute Gasteiger partial charge is 0.254 e. The normalized spacial score (nSPS) is 12.2. The van der Waals surface area contributed by atoms with Gasteiger partial charge < -0.3 is 10.4 Å². The van der Waals surface area contributed by atoms with Gasteiger partial charge in [0.1, 0.15) is 0 Å². The standard InChI is InChI=1S/C22H18N2O2/c25-14-20(15-7-2-1-3-8-15)24-22(26)18-11-6-10-17-13-16-9-4-5-12-19(16)23-21(17)18/h1-13,20,25H,14H2,(H,24,26)/t20-/m0/s1. The van der Waals surface area contributed by atoms with E-state index in [1.807, 2.05) is 72.8 Å². The second-order valence-corrected chi connectivity index (χ2v) is 6.18. The minimum Gasteiger partial charge on any atom is -0.394 e. The maximum absolute atomic E-state index is 12.9. The lowest BCUT2D eigenvalue weighted by atomic mass is 10.0. The predicted octanol–water partition coefficient (Wildman–Crippen LogP) is 3.85. The first-order valence-corrected chi connectivity index (χ1v) is 8.51. The summed E-state index contributed by atoms with van der Waals surface area (Å²) < 4.78 is 0. The predicted molar refractivity (Wildman–Crippen MR) is 103 cm³/mol. The molecule has 0 fully saturated rings. The zero-order valence-corrected chi connectivity index (χ0v) is 14.1. The number of benzene rings is 3. The number of aromatic nitrogens is 1. The molecule has 4 rings (SSSR count). The zero-order valence-electron chi connectivity index (χ0n) is 14.1. The number of amides is 1. The van der Waals surface area contributed by atoms with Gasteiger partial charge in [0.25, 0.3) is 5.91 Å². The van der Waals surface area contributed by atoms with Crippen LogP contribution in [0.1, 0.15) is 22.0 Å². The molecule has 0 unspecified atom stereocenters. The maximum atomic E-state index is 12.9. The Balaban J connectivity index is 1.73. The highest BCUT2D eigenvalue weighted by atomic mass is 16.3. The number of pyridine rings is 1. The summed E-state index contributed by atoms with van der Waals surface area (Å²) in [6, 6.07) is 24.4. The molecule has 0 radical (unpaired) electrons. The van der Waals surface area contributed by atoms with Gasteiger partial charge in [0.15, 0.2) is 0 Å². The van der Waals surface area contributed by atoms with E-state index in [4.69, 9.17) is 0 Å². The van der Waals surface area contributed by atoms with Crippen molar-refractivity contribution in [2.75, 3.05) is 6.61 Å². The van der Waals surface area contributed by atoms with Gasteiger partial charge in [-0.25, -0.2) is 4.98 Å². The molecule has 4 nitrogen and oxygen atoms in total. The Morgan fingerprint density at radius 1 is 0.923 bits per heavy atom. The Morgan fingerprint density at radius 3 is 2.46 bits per heavy atom. The Kier molecular flexibility index (Phi) is 4.33. The second-order valence-electron chi connectivity index (χ2n) is 6.18. The van der Waals surface area contributed by atoms with Gasteiger partial charge in [0, 0.05) is 10.8 Å². The maximum Gasteiger partial charge on any atom is 0.254 e. The molecule has 0 aliphatic rings. The van der Waals surface area contributed by atoms with Crippen LogP contribution >= 0.6 is 0 Å². The zero-order chi connectivity index (χ0) is 17.9. The largest absolute Gasteiger partial charge is 0.394 e. The van der Waals surface area contributed by atoms with Crippen molar-refractivity contribution in [2.24, 2.45) is 0 Å². The lowest BCUT2D eigenvalue weighted by Gasteiger charge is -2.17. The van der Waals surface area contributed by atoms with Crippen molar-refractivity contribution >= 4 is 27.7 Å². The van der Waals surface area contributed by atoms with Crippen LogP contribution in [0.3, 0.4) is 0 Å². The first kappa shape index (κ1) is 16.2. The molecule has 0 aliphatic heterocycles. The van der Waals surface area contributed by atoms with E-state index in [-0.39, 0.29) is 12.5 Å². The number of nitrogens with zero attached hydrogens (tertiary/aromatic N) is 1. The van der Waals surface area contributed by atoms with Crippen molar-refractivity contribution in [3.8, 4) is 0 Å². The fourth-order valence-electron chi connectivity index (χ4n) is 3.14. The summed E-state index contributed by atoms with van der Waals surface area (Å²) in [5.74, 6) is -0.249. The second kappa shape index (κ2) is 6.94. The van der Waals surface area contributed by atoms with Gasteiger partial charge in [-0.3, -0.25) is 4.79 Å². The molecule has 0 saturated heterocycles. The van der Waals surface area contributed by atoms with Crippen LogP contribution < -0.4 is 5.32 Å². The molecule has 0 saturated carbocycles. The fraction of sp³-hybridized carbons (Fsp3) is 0.0909. The summed E-state index contributed by atoms with van der Waals surface area (Å²) in [6.45, 7) is -0.170. The molecule has 4 aromatic rings. The molecule has 3 aromatic carbocycles. The SMILES string of the molecule is O=C(N[C@@H](CO)c1ccccc1)c1cccc2cc3ccccc3nc12. The molecule has 0 bridgehead atoms. The van der Waals surface area contributed by atoms with E-state index in [1.54, 1.807) is 6.07 Å². The van der Waals surface area contributed by atoms with Crippen molar-refractivity contribution in [1.82, 2.24) is 10.3 Å². The third-order valence-electron chi connectivity index (χ3n) is 4.48.